The number of carbonyl (C=O) groups excluding carboxylic acids is 1. The Bertz CT molecular complexity index is 353. The summed E-state index contributed by atoms with van der Waals surface area (Å²) in [6.07, 6.45) is 1.60. The number of rotatable bonds is 6. The number of hydrogen-bond acceptors (Lipinski definition) is 4. The Labute approximate surface area is 96.2 Å². The summed E-state index contributed by atoms with van der Waals surface area (Å²) in [7, 11) is 3.64. The summed E-state index contributed by atoms with van der Waals surface area (Å²) in [5.41, 5.74) is 1.32. The summed E-state index contributed by atoms with van der Waals surface area (Å²) in [4.78, 5) is 17.2. The fourth-order valence-corrected chi connectivity index (χ4v) is 1.32. The van der Waals surface area contributed by atoms with Crippen molar-refractivity contribution in [2.45, 2.75) is 6.54 Å². The number of ether oxygens (including phenoxy) is 1. The van der Waals surface area contributed by atoms with Crippen LogP contribution in [0.4, 0.5) is 0 Å². The quantitative estimate of drug-likeness (QED) is 0.672. The molecule has 0 saturated carbocycles. The molecular formula is C12H16N2O2. The predicted molar refractivity (Wildman–Crippen MR) is 61.1 cm³/mol. The Kier molecular flexibility index (Phi) is 5.08. The highest BCUT2D eigenvalue weighted by molar-refractivity contribution is 5.99. The maximum Gasteiger partial charge on any atom is 0.167 e. The molecule has 0 saturated heterocycles. The molecule has 2 radical (unpaired) electrons. The third-order valence-electron chi connectivity index (χ3n) is 2.21. The molecule has 0 spiro atoms. The van der Waals surface area contributed by atoms with E-state index in [9.17, 15) is 4.79 Å². The third-order valence-corrected chi connectivity index (χ3v) is 2.21. The van der Waals surface area contributed by atoms with Crippen LogP contribution in [0.5, 0.6) is 0 Å². The van der Waals surface area contributed by atoms with Gasteiger partial charge >= 0.3 is 0 Å². The maximum absolute atomic E-state index is 11.0. The van der Waals surface area contributed by atoms with Gasteiger partial charge < -0.3 is 4.74 Å². The predicted octanol–water partition coefficient (Wildman–Crippen LogP) is 1.05. The van der Waals surface area contributed by atoms with E-state index in [0.29, 0.717) is 18.7 Å². The van der Waals surface area contributed by atoms with Crippen molar-refractivity contribution in [3.8, 4) is 0 Å². The number of aromatic nitrogens is 1. The molecule has 0 amide bonds. The van der Waals surface area contributed by atoms with Crippen molar-refractivity contribution in [2.24, 2.45) is 0 Å². The lowest BCUT2D eigenvalue weighted by molar-refractivity contribution is 0.104. The summed E-state index contributed by atoms with van der Waals surface area (Å²) >= 11 is 0. The number of likely N-dealkylation sites (N-methyl/N-ethyl adjacent to an activating group) is 1. The summed E-state index contributed by atoms with van der Waals surface area (Å²) in [6, 6.07) is 3.33. The topological polar surface area (TPSA) is 42.4 Å². The van der Waals surface area contributed by atoms with Crippen molar-refractivity contribution in [3.63, 3.8) is 0 Å². The van der Waals surface area contributed by atoms with Crippen LogP contribution in [0, 0.1) is 6.92 Å². The molecule has 0 atom stereocenters. The second-order valence-corrected chi connectivity index (χ2v) is 3.63. The molecule has 0 aliphatic rings. The number of carbonyl (C=O) groups is 1. The highest BCUT2D eigenvalue weighted by Crippen LogP contribution is 2.04. The van der Waals surface area contributed by atoms with Gasteiger partial charge in [-0.2, -0.15) is 0 Å². The van der Waals surface area contributed by atoms with E-state index in [2.05, 4.69) is 9.88 Å². The van der Waals surface area contributed by atoms with Crippen LogP contribution in [-0.2, 0) is 11.3 Å². The zero-order valence-electron chi connectivity index (χ0n) is 9.64. The molecule has 0 aliphatic heterocycles. The van der Waals surface area contributed by atoms with Gasteiger partial charge in [-0.1, -0.05) is 0 Å². The Balaban J connectivity index is 2.59. The minimum atomic E-state index is -0.428. The molecule has 4 nitrogen and oxygen atoms in total. The first-order valence-electron chi connectivity index (χ1n) is 5.05. The normalized spacial score (nSPS) is 10.8. The number of hydrogen-bond donors (Lipinski definition) is 0. The van der Waals surface area contributed by atoms with Crippen molar-refractivity contribution >= 4 is 5.78 Å². The smallest absolute Gasteiger partial charge is 0.167 e. The number of Topliss-reactive ketones (excluding diaryl/α,β-unsaturated/α-hetero) is 1. The number of pyridine rings is 1. The molecule has 0 aliphatic carbocycles. The standard InChI is InChI=1S/C12H16N2O2/c1-10(15)11-4-5-13-12(8-11)9-14(2)6-7-16-3/h1,4-5,8H,6-7,9H2,2-3H3. The van der Waals surface area contributed by atoms with Crippen LogP contribution in [0.25, 0.3) is 0 Å². The molecule has 0 aromatic carbocycles. The van der Waals surface area contributed by atoms with Crippen LogP contribution in [0.15, 0.2) is 18.3 Å². The molecule has 1 rings (SSSR count). The lowest BCUT2D eigenvalue weighted by Crippen LogP contribution is -2.22. The molecule has 1 aromatic rings. The average molecular weight is 220 g/mol. The first kappa shape index (κ1) is 12.8. The van der Waals surface area contributed by atoms with E-state index >= 15 is 0 Å². The minimum absolute atomic E-state index is 0.428. The van der Waals surface area contributed by atoms with Crippen molar-refractivity contribution in [1.29, 1.82) is 0 Å². The average Bonchev–Trinajstić information content (AvgIpc) is 2.26. The second kappa shape index (κ2) is 6.35. The fourth-order valence-electron chi connectivity index (χ4n) is 1.32. The van der Waals surface area contributed by atoms with Crippen LogP contribution in [0.1, 0.15) is 16.1 Å². The van der Waals surface area contributed by atoms with Gasteiger partial charge in [0.2, 0.25) is 0 Å². The zero-order valence-corrected chi connectivity index (χ0v) is 9.64. The van der Waals surface area contributed by atoms with Crippen LogP contribution in [0.2, 0.25) is 0 Å². The van der Waals surface area contributed by atoms with Crippen molar-refractivity contribution in [3.05, 3.63) is 36.5 Å². The van der Waals surface area contributed by atoms with E-state index in [-0.39, 0.29) is 0 Å². The van der Waals surface area contributed by atoms with E-state index in [1.54, 1.807) is 25.4 Å². The highest BCUT2D eigenvalue weighted by Gasteiger charge is 2.04. The summed E-state index contributed by atoms with van der Waals surface area (Å²) in [6.45, 7) is 7.36. The van der Waals surface area contributed by atoms with Crippen molar-refractivity contribution in [2.75, 3.05) is 27.3 Å². The Morgan fingerprint density at radius 3 is 3.00 bits per heavy atom. The summed E-state index contributed by atoms with van der Waals surface area (Å²) in [5.74, 6) is -0.428. The van der Waals surface area contributed by atoms with Crippen LogP contribution in [0.3, 0.4) is 0 Å². The van der Waals surface area contributed by atoms with Crippen molar-refractivity contribution in [1.82, 2.24) is 9.88 Å². The van der Waals surface area contributed by atoms with Gasteiger partial charge in [-0.15, -0.1) is 0 Å². The van der Waals surface area contributed by atoms with Gasteiger partial charge in [0.1, 0.15) is 0 Å². The van der Waals surface area contributed by atoms with Gasteiger partial charge in [0.25, 0.3) is 0 Å². The summed E-state index contributed by atoms with van der Waals surface area (Å²) in [5, 5.41) is 0. The first-order valence-corrected chi connectivity index (χ1v) is 5.05. The monoisotopic (exact) mass is 220 g/mol. The van der Waals surface area contributed by atoms with Gasteiger partial charge in [0.15, 0.2) is 5.78 Å². The second-order valence-electron chi connectivity index (χ2n) is 3.63. The zero-order chi connectivity index (χ0) is 12.0. The minimum Gasteiger partial charge on any atom is -0.383 e. The van der Waals surface area contributed by atoms with E-state index in [0.717, 1.165) is 12.2 Å². The Morgan fingerprint density at radius 1 is 1.62 bits per heavy atom. The molecule has 86 valence electrons. The molecule has 0 N–H and O–H groups in total. The molecule has 16 heavy (non-hydrogen) atoms. The molecule has 0 fully saturated rings. The number of ketones is 1. The molecule has 0 unspecified atom stereocenters. The SMILES string of the molecule is [CH]C(=O)c1ccnc(CN(C)CCOC)c1. The first-order chi connectivity index (χ1) is 7.63. The van der Waals surface area contributed by atoms with Gasteiger partial charge in [-0.3, -0.25) is 14.7 Å². The summed E-state index contributed by atoms with van der Waals surface area (Å²) < 4.78 is 4.98. The molecule has 4 heteroatoms. The van der Waals surface area contributed by atoms with Crippen molar-refractivity contribution < 1.29 is 9.53 Å². The van der Waals surface area contributed by atoms with Gasteiger partial charge in [0.05, 0.1) is 12.3 Å². The maximum atomic E-state index is 11.0. The van der Waals surface area contributed by atoms with Gasteiger partial charge in [-0.25, -0.2) is 0 Å². The number of methoxy groups -OCH3 is 1. The van der Waals surface area contributed by atoms with Gasteiger partial charge in [-0.05, 0) is 19.2 Å². The van der Waals surface area contributed by atoms with Crippen LogP contribution >= 0.6 is 0 Å². The van der Waals surface area contributed by atoms with E-state index < -0.39 is 5.78 Å². The van der Waals surface area contributed by atoms with E-state index in [1.807, 2.05) is 7.05 Å². The van der Waals surface area contributed by atoms with Gasteiger partial charge in [0, 0.05) is 38.9 Å². The van der Waals surface area contributed by atoms with Crippen LogP contribution in [-0.4, -0.2) is 43.0 Å². The largest absolute Gasteiger partial charge is 0.383 e. The Morgan fingerprint density at radius 2 is 2.38 bits per heavy atom. The highest BCUT2D eigenvalue weighted by atomic mass is 16.5. The molecular weight excluding hydrogens is 204 g/mol. The number of nitrogens with zero attached hydrogens (tertiary/aromatic N) is 2. The third kappa shape index (κ3) is 4.08. The molecule has 0 bridgehead atoms. The fraction of sp³-hybridized carbons (Fsp3) is 0.417. The van der Waals surface area contributed by atoms with E-state index in [4.69, 9.17) is 11.7 Å². The lowest BCUT2D eigenvalue weighted by Gasteiger charge is -2.15. The lowest BCUT2D eigenvalue weighted by atomic mass is 10.1. The Hall–Kier alpha value is -1.26. The van der Waals surface area contributed by atoms with Crippen LogP contribution < -0.4 is 0 Å². The van der Waals surface area contributed by atoms with E-state index in [1.165, 1.54) is 0 Å². The molecule has 1 aromatic heterocycles. The molecule has 1 heterocycles.